The minimum absolute atomic E-state index is 0.139. The van der Waals surface area contributed by atoms with Crippen LogP contribution in [-0.2, 0) is 27.8 Å². The van der Waals surface area contributed by atoms with Crippen LogP contribution >= 0.6 is 0 Å². The molecule has 1 aliphatic rings. The molecule has 0 saturated heterocycles. The van der Waals surface area contributed by atoms with Crippen molar-refractivity contribution in [2.45, 2.75) is 44.4 Å². The van der Waals surface area contributed by atoms with Gasteiger partial charge in [-0.05, 0) is 68.3 Å². The summed E-state index contributed by atoms with van der Waals surface area (Å²) < 4.78 is 33.1. The molecule has 38 heavy (non-hydrogen) atoms. The molecule has 0 bridgehead atoms. The zero-order chi connectivity index (χ0) is 27.7. The van der Waals surface area contributed by atoms with Crippen LogP contribution in [0.3, 0.4) is 0 Å². The molecule has 0 saturated carbocycles. The van der Waals surface area contributed by atoms with Gasteiger partial charge >= 0.3 is 12.0 Å². The highest BCUT2D eigenvalue weighted by Gasteiger charge is 2.40. The van der Waals surface area contributed by atoms with Crippen molar-refractivity contribution in [3.8, 4) is 0 Å². The van der Waals surface area contributed by atoms with E-state index in [2.05, 4.69) is 10.3 Å². The number of anilines is 1. The van der Waals surface area contributed by atoms with Crippen LogP contribution in [0.5, 0.6) is 0 Å². The zero-order valence-corrected chi connectivity index (χ0v) is 22.3. The van der Waals surface area contributed by atoms with E-state index in [4.69, 9.17) is 4.74 Å². The number of esters is 1. The summed E-state index contributed by atoms with van der Waals surface area (Å²) in [6.07, 6.45) is 3.24. The molecule has 0 unspecified atom stereocenters. The fourth-order valence-corrected chi connectivity index (χ4v) is 5.45. The summed E-state index contributed by atoms with van der Waals surface area (Å²) in [5.41, 5.74) is 1.25. The van der Waals surface area contributed by atoms with Crippen LogP contribution in [0, 0.1) is 0 Å². The van der Waals surface area contributed by atoms with Crippen molar-refractivity contribution in [2.24, 2.45) is 0 Å². The smallest absolute Gasteiger partial charge is 0.338 e. The van der Waals surface area contributed by atoms with Gasteiger partial charge in [0, 0.05) is 31.5 Å². The molecular weight excluding hydrogens is 508 g/mol. The largest absolute Gasteiger partial charge is 0.456 e. The summed E-state index contributed by atoms with van der Waals surface area (Å²) in [6.45, 7) is 5.25. The fourth-order valence-electron chi connectivity index (χ4n) is 3.82. The van der Waals surface area contributed by atoms with Crippen LogP contribution in [0.15, 0.2) is 71.9 Å². The summed E-state index contributed by atoms with van der Waals surface area (Å²) in [5.74, 6) is -0.968. The van der Waals surface area contributed by atoms with E-state index in [1.54, 1.807) is 51.4 Å². The number of carbonyl (C=O) groups is 3. The predicted octanol–water partition coefficient (Wildman–Crippen LogP) is 3.73. The van der Waals surface area contributed by atoms with Gasteiger partial charge in [-0.2, -0.15) is 0 Å². The molecule has 4 rings (SSSR count). The van der Waals surface area contributed by atoms with Crippen molar-refractivity contribution in [2.75, 3.05) is 11.9 Å². The van der Waals surface area contributed by atoms with E-state index in [0.29, 0.717) is 11.1 Å². The second kappa shape index (κ2) is 10.3. The summed E-state index contributed by atoms with van der Waals surface area (Å²) in [5, 5.41) is 2.74. The van der Waals surface area contributed by atoms with Crippen LogP contribution in [0.1, 0.15) is 52.6 Å². The maximum atomic E-state index is 13.5. The van der Waals surface area contributed by atoms with Crippen LogP contribution < -0.4 is 10.2 Å². The number of rotatable bonds is 6. The molecule has 1 aliphatic heterocycles. The van der Waals surface area contributed by atoms with Crippen LogP contribution in [0.2, 0.25) is 0 Å². The van der Waals surface area contributed by atoms with Gasteiger partial charge < -0.3 is 10.1 Å². The van der Waals surface area contributed by atoms with Crippen LogP contribution in [-0.4, -0.2) is 48.3 Å². The maximum Gasteiger partial charge on any atom is 0.338 e. The van der Waals surface area contributed by atoms with Gasteiger partial charge in [0.05, 0.1) is 17.8 Å². The predicted molar refractivity (Wildman–Crippen MR) is 140 cm³/mol. The van der Waals surface area contributed by atoms with E-state index in [9.17, 15) is 22.8 Å². The average molecular weight is 537 g/mol. The second-order valence-electron chi connectivity index (χ2n) is 9.78. The average Bonchev–Trinajstić information content (AvgIpc) is 2.88. The number of urea groups is 1. The lowest BCUT2D eigenvalue weighted by molar-refractivity contribution is 0.00693. The lowest BCUT2D eigenvalue weighted by Gasteiger charge is -2.34. The van der Waals surface area contributed by atoms with Crippen LogP contribution in [0.25, 0.3) is 0 Å². The van der Waals surface area contributed by atoms with Gasteiger partial charge in [0.1, 0.15) is 10.5 Å². The monoisotopic (exact) mass is 536 g/mol. The Morgan fingerprint density at radius 3 is 2.32 bits per heavy atom. The number of hydrogen-bond donors (Lipinski definition) is 1. The van der Waals surface area contributed by atoms with Gasteiger partial charge in [-0.15, -0.1) is 0 Å². The zero-order valence-electron chi connectivity index (χ0n) is 21.5. The van der Waals surface area contributed by atoms with Crippen molar-refractivity contribution in [1.29, 1.82) is 0 Å². The highest BCUT2D eigenvalue weighted by molar-refractivity contribution is 7.90. The number of nitrogens with zero attached hydrogens (tertiary/aromatic N) is 3. The summed E-state index contributed by atoms with van der Waals surface area (Å²) in [4.78, 5) is 43.1. The van der Waals surface area contributed by atoms with E-state index >= 15 is 0 Å². The Morgan fingerprint density at radius 2 is 1.68 bits per heavy atom. The molecule has 0 fully saturated rings. The number of carbonyl (C=O) groups excluding carboxylic acids is 3. The van der Waals surface area contributed by atoms with E-state index in [1.165, 1.54) is 42.3 Å². The van der Waals surface area contributed by atoms with Gasteiger partial charge in [0.15, 0.2) is 0 Å². The number of benzene rings is 2. The second-order valence-corrected chi connectivity index (χ2v) is 11.6. The highest BCUT2D eigenvalue weighted by Crippen LogP contribution is 2.35. The number of sulfonamides is 1. The van der Waals surface area contributed by atoms with E-state index in [0.717, 1.165) is 9.87 Å². The van der Waals surface area contributed by atoms with Crippen LogP contribution in [0.4, 0.5) is 10.5 Å². The Morgan fingerprint density at radius 1 is 1.00 bits per heavy atom. The minimum Gasteiger partial charge on any atom is -0.456 e. The number of aromatic nitrogens is 1. The fraction of sp³-hybridized carbons (Fsp3) is 0.259. The normalized spacial score (nSPS) is 14.6. The quantitative estimate of drug-likeness (QED) is 0.476. The number of ether oxygens (including phenoxy) is 1. The third-order valence-electron chi connectivity index (χ3n) is 5.74. The highest BCUT2D eigenvalue weighted by atomic mass is 32.2. The standard InChI is InChI=1S/C27H28N4O6S/c1-27(2,3)37-25(33)20-9-7-18(8-10-20)17-31-26(34)30(4)22-12-11-21(14-23(22)38(31,35)36)24(32)29-16-19-6-5-13-28-15-19/h5-15H,16-17H2,1-4H3,(H,29,32). The Balaban J connectivity index is 1.56. The summed E-state index contributed by atoms with van der Waals surface area (Å²) >= 11 is 0. The van der Waals surface area contributed by atoms with Crippen molar-refractivity contribution in [3.63, 3.8) is 0 Å². The molecule has 3 amide bonds. The van der Waals surface area contributed by atoms with Crippen molar-refractivity contribution in [3.05, 3.63) is 89.2 Å². The maximum absolute atomic E-state index is 13.5. The van der Waals surface area contributed by atoms with Gasteiger partial charge in [-0.3, -0.25) is 14.7 Å². The first-order valence-corrected chi connectivity index (χ1v) is 13.2. The molecule has 2 aromatic carbocycles. The Kier molecular flexibility index (Phi) is 7.23. The van der Waals surface area contributed by atoms with Crippen molar-refractivity contribution in [1.82, 2.24) is 14.6 Å². The summed E-state index contributed by atoms with van der Waals surface area (Å²) in [7, 11) is -2.81. The molecule has 3 aromatic rings. The van der Waals surface area contributed by atoms with Crippen molar-refractivity contribution < 1.29 is 27.5 Å². The molecule has 0 atom stereocenters. The molecule has 198 valence electrons. The number of hydrogen-bond acceptors (Lipinski definition) is 7. The molecule has 0 spiro atoms. The van der Waals surface area contributed by atoms with E-state index < -0.39 is 33.5 Å². The van der Waals surface area contributed by atoms with Gasteiger partial charge in [0.2, 0.25) is 0 Å². The molecule has 0 aliphatic carbocycles. The first-order valence-electron chi connectivity index (χ1n) is 11.8. The Labute approximate surface area is 221 Å². The van der Waals surface area contributed by atoms with Gasteiger partial charge in [-0.25, -0.2) is 22.3 Å². The molecule has 1 N–H and O–H groups in total. The molecule has 11 heteroatoms. The minimum atomic E-state index is -4.28. The lowest BCUT2D eigenvalue weighted by atomic mass is 10.1. The SMILES string of the molecule is CN1C(=O)N(Cc2ccc(C(=O)OC(C)(C)C)cc2)S(=O)(=O)c2cc(C(=O)NCc3cccnc3)ccc21. The Hall–Kier alpha value is -4.25. The van der Waals surface area contributed by atoms with E-state index in [-0.39, 0.29) is 29.2 Å². The van der Waals surface area contributed by atoms with Crippen molar-refractivity contribution >= 4 is 33.6 Å². The first kappa shape index (κ1) is 26.8. The number of amides is 3. The number of pyridine rings is 1. The molecule has 2 heterocycles. The molecular formula is C27H28N4O6S. The van der Waals surface area contributed by atoms with E-state index in [1.807, 2.05) is 6.07 Å². The third kappa shape index (κ3) is 5.67. The molecule has 1 aromatic heterocycles. The topological polar surface area (TPSA) is 126 Å². The molecule has 0 radical (unpaired) electrons. The number of fused-ring (bicyclic) bond motifs is 1. The van der Waals surface area contributed by atoms with Gasteiger partial charge in [0.25, 0.3) is 15.9 Å². The first-order chi connectivity index (χ1) is 17.9. The number of nitrogens with one attached hydrogen (secondary N) is 1. The lowest BCUT2D eigenvalue weighted by Crippen LogP contribution is -2.48. The summed E-state index contributed by atoms with van der Waals surface area (Å²) in [6, 6.07) is 13.2. The molecule has 10 nitrogen and oxygen atoms in total. The third-order valence-corrected chi connectivity index (χ3v) is 7.49. The van der Waals surface area contributed by atoms with Gasteiger partial charge in [-0.1, -0.05) is 18.2 Å². The Bertz CT molecular complexity index is 1480.